The fraction of sp³-hybridized carbons (Fsp3) is 0.722. The standard InChI is InChI=1S/C18H32O/c1-2-3-4-5-6-7-8-9-10-11-12-13-14-15-16-17-18-19/h3-6,18H,2,7-17H2,1H3/b4-3-,6-5-. The van der Waals surface area contributed by atoms with Gasteiger partial charge in [-0.05, 0) is 25.7 Å². The monoisotopic (exact) mass is 264 g/mol. The van der Waals surface area contributed by atoms with Crippen molar-refractivity contribution in [2.75, 3.05) is 0 Å². The maximum absolute atomic E-state index is 10.1. The minimum absolute atomic E-state index is 0.751. The highest BCUT2D eigenvalue weighted by molar-refractivity contribution is 5.48. The van der Waals surface area contributed by atoms with E-state index in [2.05, 4.69) is 31.2 Å². The number of unbranched alkanes of at least 4 members (excludes halogenated alkanes) is 10. The third-order valence-corrected chi connectivity index (χ3v) is 3.31. The van der Waals surface area contributed by atoms with Crippen LogP contribution in [0.4, 0.5) is 0 Å². The molecule has 0 heterocycles. The lowest BCUT2D eigenvalue weighted by atomic mass is 10.1. The first-order chi connectivity index (χ1) is 9.41. The minimum Gasteiger partial charge on any atom is -0.303 e. The number of carbonyl (C=O) groups excluding carboxylic acids is 1. The van der Waals surface area contributed by atoms with Crippen LogP contribution < -0.4 is 0 Å². The van der Waals surface area contributed by atoms with Crippen LogP contribution >= 0.6 is 0 Å². The van der Waals surface area contributed by atoms with Crippen molar-refractivity contribution in [1.29, 1.82) is 0 Å². The number of carbonyl (C=O) groups is 1. The van der Waals surface area contributed by atoms with E-state index >= 15 is 0 Å². The molecule has 0 saturated heterocycles. The maximum atomic E-state index is 10.1. The molecule has 0 aliphatic rings. The van der Waals surface area contributed by atoms with Crippen molar-refractivity contribution in [3.63, 3.8) is 0 Å². The van der Waals surface area contributed by atoms with E-state index in [0.717, 1.165) is 25.5 Å². The van der Waals surface area contributed by atoms with E-state index in [1.165, 1.54) is 57.8 Å². The van der Waals surface area contributed by atoms with Crippen molar-refractivity contribution in [3.8, 4) is 0 Å². The average Bonchev–Trinajstić information content (AvgIpc) is 2.43. The van der Waals surface area contributed by atoms with Gasteiger partial charge in [0.25, 0.3) is 0 Å². The summed E-state index contributed by atoms with van der Waals surface area (Å²) in [5.41, 5.74) is 0. The van der Waals surface area contributed by atoms with E-state index in [1.807, 2.05) is 0 Å². The van der Waals surface area contributed by atoms with Gasteiger partial charge in [-0.25, -0.2) is 0 Å². The molecular formula is C18H32O. The Morgan fingerprint density at radius 2 is 1.11 bits per heavy atom. The Morgan fingerprint density at radius 3 is 1.63 bits per heavy atom. The van der Waals surface area contributed by atoms with Crippen LogP contribution in [0.5, 0.6) is 0 Å². The Kier molecular flexibility index (Phi) is 16.4. The van der Waals surface area contributed by atoms with Crippen LogP contribution in [0.1, 0.15) is 84.0 Å². The lowest BCUT2D eigenvalue weighted by Crippen LogP contribution is -1.82. The van der Waals surface area contributed by atoms with Crippen LogP contribution in [0.25, 0.3) is 0 Å². The Morgan fingerprint density at radius 1 is 0.632 bits per heavy atom. The molecule has 0 unspecified atom stereocenters. The molecule has 0 saturated carbocycles. The Balaban J connectivity index is 3.04. The molecule has 0 rings (SSSR count). The molecule has 110 valence electrons. The lowest BCUT2D eigenvalue weighted by Gasteiger charge is -2.00. The number of hydrogen-bond acceptors (Lipinski definition) is 1. The van der Waals surface area contributed by atoms with E-state index in [4.69, 9.17) is 0 Å². The van der Waals surface area contributed by atoms with Gasteiger partial charge in [-0.3, -0.25) is 0 Å². The third kappa shape index (κ3) is 17.1. The molecule has 0 radical (unpaired) electrons. The van der Waals surface area contributed by atoms with Gasteiger partial charge in [0, 0.05) is 6.42 Å². The lowest BCUT2D eigenvalue weighted by molar-refractivity contribution is -0.107. The normalized spacial score (nSPS) is 11.6. The molecule has 19 heavy (non-hydrogen) atoms. The largest absolute Gasteiger partial charge is 0.303 e. The molecule has 0 aromatic carbocycles. The molecule has 0 amide bonds. The molecule has 0 N–H and O–H groups in total. The zero-order valence-electron chi connectivity index (χ0n) is 12.8. The molecule has 0 bridgehead atoms. The summed E-state index contributed by atoms with van der Waals surface area (Å²) >= 11 is 0. The molecule has 0 aliphatic heterocycles. The van der Waals surface area contributed by atoms with Crippen LogP contribution in [-0.4, -0.2) is 6.29 Å². The predicted molar refractivity (Wildman–Crippen MR) is 85.4 cm³/mol. The second-order valence-electron chi connectivity index (χ2n) is 5.19. The first kappa shape index (κ1) is 18.1. The second kappa shape index (κ2) is 17.2. The van der Waals surface area contributed by atoms with Gasteiger partial charge in [0.1, 0.15) is 6.29 Å². The maximum Gasteiger partial charge on any atom is 0.119 e. The summed E-state index contributed by atoms with van der Waals surface area (Å²) in [7, 11) is 0. The van der Waals surface area contributed by atoms with Gasteiger partial charge in [0.05, 0.1) is 0 Å². The van der Waals surface area contributed by atoms with Crippen LogP contribution in [0, 0.1) is 0 Å². The molecule has 0 aliphatic carbocycles. The van der Waals surface area contributed by atoms with Crippen LogP contribution in [0.3, 0.4) is 0 Å². The Labute approximate surface area is 120 Å². The van der Waals surface area contributed by atoms with Crippen molar-refractivity contribution in [2.45, 2.75) is 84.0 Å². The number of aldehydes is 1. The van der Waals surface area contributed by atoms with E-state index in [0.29, 0.717) is 0 Å². The molecule has 0 aromatic rings. The fourth-order valence-electron chi connectivity index (χ4n) is 2.12. The summed E-state index contributed by atoms with van der Waals surface area (Å²) in [6.45, 7) is 2.16. The van der Waals surface area contributed by atoms with Gasteiger partial charge in [-0.15, -0.1) is 0 Å². The number of allylic oxidation sites excluding steroid dienone is 4. The van der Waals surface area contributed by atoms with Crippen LogP contribution in [0.2, 0.25) is 0 Å². The summed E-state index contributed by atoms with van der Waals surface area (Å²) in [6.07, 6.45) is 24.7. The average molecular weight is 264 g/mol. The smallest absolute Gasteiger partial charge is 0.119 e. The summed E-state index contributed by atoms with van der Waals surface area (Å²) in [4.78, 5) is 10.1. The van der Waals surface area contributed by atoms with Gasteiger partial charge < -0.3 is 4.79 Å². The summed E-state index contributed by atoms with van der Waals surface area (Å²) < 4.78 is 0. The molecular weight excluding hydrogens is 232 g/mol. The summed E-state index contributed by atoms with van der Waals surface area (Å²) in [6, 6.07) is 0. The van der Waals surface area contributed by atoms with Crippen molar-refractivity contribution in [3.05, 3.63) is 24.3 Å². The highest BCUT2D eigenvalue weighted by Gasteiger charge is 1.92. The first-order valence-electron chi connectivity index (χ1n) is 8.17. The van der Waals surface area contributed by atoms with Crippen molar-refractivity contribution >= 4 is 6.29 Å². The first-order valence-corrected chi connectivity index (χ1v) is 8.17. The second-order valence-corrected chi connectivity index (χ2v) is 5.19. The van der Waals surface area contributed by atoms with E-state index in [9.17, 15) is 4.79 Å². The predicted octanol–water partition coefficient (Wildman–Crippen LogP) is 6.00. The number of rotatable bonds is 14. The molecule has 1 heteroatoms. The molecule has 0 aromatic heterocycles. The van der Waals surface area contributed by atoms with E-state index in [-0.39, 0.29) is 0 Å². The van der Waals surface area contributed by atoms with Gasteiger partial charge in [-0.1, -0.05) is 76.2 Å². The van der Waals surface area contributed by atoms with Crippen LogP contribution in [-0.2, 0) is 4.79 Å². The van der Waals surface area contributed by atoms with Crippen molar-refractivity contribution < 1.29 is 4.79 Å². The fourth-order valence-corrected chi connectivity index (χ4v) is 2.12. The highest BCUT2D eigenvalue weighted by atomic mass is 16.1. The summed E-state index contributed by atoms with van der Waals surface area (Å²) in [5, 5.41) is 0. The SMILES string of the molecule is CC/C=C\C=C/CCCCCCCCCCCC=O. The zero-order valence-corrected chi connectivity index (χ0v) is 12.8. The third-order valence-electron chi connectivity index (χ3n) is 3.31. The molecule has 0 spiro atoms. The molecule has 0 fully saturated rings. The number of hydrogen-bond donors (Lipinski definition) is 0. The Bertz CT molecular complexity index is 228. The van der Waals surface area contributed by atoms with Gasteiger partial charge in [0.15, 0.2) is 0 Å². The van der Waals surface area contributed by atoms with Gasteiger partial charge in [0.2, 0.25) is 0 Å². The minimum atomic E-state index is 0.751. The Hall–Kier alpha value is -0.850. The zero-order chi connectivity index (χ0) is 14.0. The molecule has 0 atom stereocenters. The summed E-state index contributed by atoms with van der Waals surface area (Å²) in [5.74, 6) is 0. The van der Waals surface area contributed by atoms with Gasteiger partial charge in [-0.2, -0.15) is 0 Å². The highest BCUT2D eigenvalue weighted by Crippen LogP contribution is 2.11. The van der Waals surface area contributed by atoms with Crippen molar-refractivity contribution in [2.24, 2.45) is 0 Å². The van der Waals surface area contributed by atoms with E-state index in [1.54, 1.807) is 0 Å². The topological polar surface area (TPSA) is 17.1 Å². The van der Waals surface area contributed by atoms with E-state index < -0.39 is 0 Å². The van der Waals surface area contributed by atoms with Crippen LogP contribution in [0.15, 0.2) is 24.3 Å². The molecule has 1 nitrogen and oxygen atoms in total. The van der Waals surface area contributed by atoms with Crippen molar-refractivity contribution in [1.82, 2.24) is 0 Å². The quantitative estimate of drug-likeness (QED) is 0.214. The van der Waals surface area contributed by atoms with Gasteiger partial charge >= 0.3 is 0 Å².